The number of ketones is 1. The summed E-state index contributed by atoms with van der Waals surface area (Å²) < 4.78 is 104. The van der Waals surface area contributed by atoms with Gasteiger partial charge in [0.2, 0.25) is 0 Å². The van der Waals surface area contributed by atoms with Crippen molar-refractivity contribution in [3.05, 3.63) is 119 Å². The van der Waals surface area contributed by atoms with Gasteiger partial charge in [-0.15, -0.1) is 0 Å². The third-order valence-corrected chi connectivity index (χ3v) is 11.3. The molecular formula is C35H26N4O12S3. The van der Waals surface area contributed by atoms with Crippen LogP contribution in [0.5, 0.6) is 5.75 Å². The molecule has 0 fully saturated rings. The number of fused-ring (bicyclic) bond motifs is 2. The number of phenols is 1. The summed E-state index contributed by atoms with van der Waals surface area (Å²) in [4.78, 5) is 24.7. The number of aryl methyl sites for hydroxylation is 1. The average molecular weight is 791 g/mol. The smallest absolute Gasteiger partial charge is 0.296 e. The van der Waals surface area contributed by atoms with Gasteiger partial charge in [0.05, 0.1) is 33.0 Å². The molecule has 19 heteroatoms. The first kappa shape index (κ1) is 36.3. The zero-order valence-electron chi connectivity index (χ0n) is 27.5. The molecule has 0 saturated carbocycles. The zero-order chi connectivity index (χ0) is 38.9. The molecule has 0 aliphatic heterocycles. The van der Waals surface area contributed by atoms with Crippen molar-refractivity contribution < 1.29 is 48.8 Å². The van der Waals surface area contributed by atoms with Crippen LogP contribution in [0.2, 0.25) is 0 Å². The number of aromatic hydroxyl groups is 1. The maximum Gasteiger partial charge on any atom is 0.296 e. The molecule has 7 N–H and O–H groups in total. The van der Waals surface area contributed by atoms with E-state index in [0.717, 1.165) is 30.3 Å². The van der Waals surface area contributed by atoms with Gasteiger partial charge in [0.25, 0.3) is 35.9 Å². The highest BCUT2D eigenvalue weighted by molar-refractivity contribution is 7.86. The van der Waals surface area contributed by atoms with Crippen LogP contribution in [0.3, 0.4) is 0 Å². The quantitative estimate of drug-likeness (QED) is 0.0900. The van der Waals surface area contributed by atoms with Crippen molar-refractivity contribution in [3.8, 4) is 16.9 Å². The van der Waals surface area contributed by atoms with Crippen LogP contribution in [0.1, 0.15) is 15.9 Å². The van der Waals surface area contributed by atoms with E-state index in [1.165, 1.54) is 41.0 Å². The second kappa shape index (κ2) is 12.8. The van der Waals surface area contributed by atoms with Crippen LogP contribution in [-0.4, -0.2) is 54.4 Å². The number of anilines is 6. The number of carbonyl (C=O) groups is 1. The van der Waals surface area contributed by atoms with E-state index in [1.807, 2.05) is 0 Å². The lowest BCUT2D eigenvalue weighted by Gasteiger charge is -2.24. The summed E-state index contributed by atoms with van der Waals surface area (Å²) in [7, 11) is -13.1. The maximum absolute atomic E-state index is 13.9. The summed E-state index contributed by atoms with van der Waals surface area (Å²) in [6.07, 6.45) is 0. The SMILES string of the molecule is Cn1c(=O)cc2c3c(c(Nc4ccc(Nc5cc(O)cc(Nc6cc(S(=O)(=O)O)ccc6S(=O)(=O)O)c5)cc4S(=O)(=O)O)ccc31)C(=O)c1ccccc1-2. The predicted octanol–water partition coefficient (Wildman–Crippen LogP) is 5.43. The van der Waals surface area contributed by atoms with Crippen molar-refractivity contribution in [3.63, 3.8) is 0 Å². The molecule has 1 aromatic heterocycles. The fourth-order valence-corrected chi connectivity index (χ4v) is 8.10. The average Bonchev–Trinajstić information content (AvgIpc) is 3.08. The molecule has 0 bridgehead atoms. The Kier molecular flexibility index (Phi) is 8.59. The number of phenolic OH excluding ortho intramolecular Hbond substituents is 1. The fourth-order valence-electron chi connectivity index (χ4n) is 6.29. The fraction of sp³-hybridized carbons (Fsp3) is 0.0286. The topological polar surface area (TPSA) is 258 Å². The van der Waals surface area contributed by atoms with E-state index in [-0.39, 0.29) is 45.3 Å². The van der Waals surface area contributed by atoms with Crippen molar-refractivity contribution in [1.82, 2.24) is 4.57 Å². The molecular weight excluding hydrogens is 765 g/mol. The lowest BCUT2D eigenvalue weighted by Crippen LogP contribution is -2.21. The van der Waals surface area contributed by atoms with Gasteiger partial charge >= 0.3 is 0 Å². The van der Waals surface area contributed by atoms with Crippen LogP contribution in [-0.2, 0) is 37.4 Å². The van der Waals surface area contributed by atoms with Crippen molar-refractivity contribution in [1.29, 1.82) is 0 Å². The molecule has 16 nitrogen and oxygen atoms in total. The summed E-state index contributed by atoms with van der Waals surface area (Å²) in [5.41, 5.74) is 1.49. The van der Waals surface area contributed by atoms with Gasteiger partial charge in [-0.05, 0) is 65.7 Å². The number of benzene rings is 5. The molecule has 0 atom stereocenters. The van der Waals surface area contributed by atoms with Crippen LogP contribution in [0, 0.1) is 0 Å². The van der Waals surface area contributed by atoms with Crippen molar-refractivity contribution in [2.75, 3.05) is 16.0 Å². The monoisotopic (exact) mass is 790 g/mol. The Labute approximate surface area is 306 Å². The molecule has 0 saturated heterocycles. The lowest BCUT2D eigenvalue weighted by molar-refractivity contribution is 0.104. The molecule has 5 aromatic carbocycles. The minimum atomic E-state index is -4.94. The molecule has 54 heavy (non-hydrogen) atoms. The molecule has 1 aliphatic carbocycles. The van der Waals surface area contributed by atoms with Crippen molar-refractivity contribution >= 4 is 81.2 Å². The van der Waals surface area contributed by atoms with Crippen LogP contribution >= 0.6 is 0 Å². The molecule has 1 aliphatic rings. The molecule has 0 amide bonds. The highest BCUT2D eigenvalue weighted by Crippen LogP contribution is 2.43. The molecule has 0 unspecified atom stereocenters. The first-order valence-electron chi connectivity index (χ1n) is 15.5. The van der Waals surface area contributed by atoms with E-state index < -0.39 is 56.5 Å². The second-order valence-electron chi connectivity index (χ2n) is 12.1. The summed E-state index contributed by atoms with van der Waals surface area (Å²) in [5.74, 6) is -0.776. The van der Waals surface area contributed by atoms with E-state index in [9.17, 15) is 53.6 Å². The summed E-state index contributed by atoms with van der Waals surface area (Å²) in [6.45, 7) is 0. The van der Waals surface area contributed by atoms with Crippen LogP contribution in [0.25, 0.3) is 22.0 Å². The number of nitrogens with zero attached hydrogens (tertiary/aromatic N) is 1. The van der Waals surface area contributed by atoms with Gasteiger partial charge < -0.3 is 25.6 Å². The van der Waals surface area contributed by atoms with E-state index >= 15 is 0 Å². The summed E-state index contributed by atoms with van der Waals surface area (Å²) in [6, 6.07) is 21.0. The van der Waals surface area contributed by atoms with E-state index in [4.69, 9.17) is 0 Å². The largest absolute Gasteiger partial charge is 0.508 e. The predicted molar refractivity (Wildman–Crippen MR) is 198 cm³/mol. The van der Waals surface area contributed by atoms with Gasteiger partial charge in [0.1, 0.15) is 15.5 Å². The van der Waals surface area contributed by atoms with Gasteiger partial charge in [-0.3, -0.25) is 23.2 Å². The standard InChI is InChI=1S/C35H26N4O12S3/c1-39-29-10-9-27(34-33(29)25(17-32(39)41)23-4-2-3-5-24(23)35(34)42)38-26-8-6-18(15-31(26)54(49,50)51)36-19-12-20(14-21(40)13-19)37-28-16-22(52(43,44)45)7-11-30(28)53(46,47)48/h2-17,36-38,40H,1H3,(H,43,44,45)(H,46,47,48)(H,49,50,51). The Morgan fingerprint density at radius 2 is 1.20 bits per heavy atom. The summed E-state index contributed by atoms with van der Waals surface area (Å²) >= 11 is 0. The Balaban J connectivity index is 1.26. The molecule has 0 spiro atoms. The first-order chi connectivity index (χ1) is 25.3. The summed E-state index contributed by atoms with van der Waals surface area (Å²) in [5, 5.41) is 19.3. The molecule has 1 heterocycles. The Morgan fingerprint density at radius 3 is 1.87 bits per heavy atom. The molecule has 7 rings (SSSR count). The van der Waals surface area contributed by atoms with Crippen LogP contribution < -0.4 is 21.5 Å². The van der Waals surface area contributed by atoms with Gasteiger partial charge in [-0.2, -0.15) is 25.3 Å². The number of nitrogens with one attached hydrogen (secondary N) is 3. The van der Waals surface area contributed by atoms with E-state index in [1.54, 1.807) is 37.4 Å². The van der Waals surface area contributed by atoms with E-state index in [2.05, 4.69) is 16.0 Å². The Hall–Kier alpha value is -6.09. The van der Waals surface area contributed by atoms with Gasteiger partial charge in [0, 0.05) is 53.3 Å². The van der Waals surface area contributed by atoms with Gasteiger partial charge in [-0.1, -0.05) is 24.3 Å². The van der Waals surface area contributed by atoms with Gasteiger partial charge in [-0.25, -0.2) is 0 Å². The third-order valence-electron chi connectivity index (χ3n) is 8.64. The maximum atomic E-state index is 13.9. The highest BCUT2D eigenvalue weighted by Gasteiger charge is 2.30. The van der Waals surface area contributed by atoms with Gasteiger partial charge in [0.15, 0.2) is 5.78 Å². The number of pyridine rings is 1. The zero-order valence-corrected chi connectivity index (χ0v) is 29.9. The Morgan fingerprint density at radius 1 is 0.556 bits per heavy atom. The van der Waals surface area contributed by atoms with Crippen molar-refractivity contribution in [2.45, 2.75) is 14.7 Å². The number of rotatable bonds is 9. The number of carbonyl (C=O) groups excluding carboxylic acids is 1. The lowest BCUT2D eigenvalue weighted by atomic mass is 9.83. The first-order valence-corrected chi connectivity index (χ1v) is 19.8. The van der Waals surface area contributed by atoms with Crippen molar-refractivity contribution in [2.24, 2.45) is 7.05 Å². The molecule has 6 aromatic rings. The number of aromatic nitrogens is 1. The van der Waals surface area contributed by atoms with E-state index in [0.29, 0.717) is 27.6 Å². The number of hydrogen-bond acceptors (Lipinski definition) is 12. The van der Waals surface area contributed by atoms with Crippen LogP contribution in [0.4, 0.5) is 34.1 Å². The minimum absolute atomic E-state index is 0.0449. The molecule has 276 valence electrons. The molecule has 0 radical (unpaired) electrons. The minimum Gasteiger partial charge on any atom is -0.508 e. The number of hydrogen-bond donors (Lipinski definition) is 7. The Bertz CT molecular complexity index is 3020. The second-order valence-corrected chi connectivity index (χ2v) is 16.4. The van der Waals surface area contributed by atoms with Crippen LogP contribution in [0.15, 0.2) is 117 Å². The normalized spacial score (nSPS) is 12.7. The third kappa shape index (κ3) is 6.66. The highest BCUT2D eigenvalue weighted by atomic mass is 32.2.